The Kier molecular flexibility index (Phi) is 5.79. The number of hydrazine groups is 1. The lowest BCUT2D eigenvalue weighted by Crippen LogP contribution is -2.41. The number of nitrogens with one attached hydrogen (secondary N) is 2. The van der Waals surface area contributed by atoms with Gasteiger partial charge in [0.25, 0.3) is 5.91 Å². The number of alkyl halides is 3. The summed E-state index contributed by atoms with van der Waals surface area (Å²) in [5.41, 5.74) is 2.51. The van der Waals surface area contributed by atoms with Gasteiger partial charge in [-0.3, -0.25) is 20.4 Å². The molecule has 0 fully saturated rings. The van der Waals surface area contributed by atoms with Gasteiger partial charge in [0.2, 0.25) is 0 Å². The molecule has 24 heavy (non-hydrogen) atoms. The molecule has 0 atom stereocenters. The van der Waals surface area contributed by atoms with Crippen molar-refractivity contribution in [2.45, 2.75) is 6.18 Å². The Bertz CT molecular complexity index is 773. The minimum absolute atomic E-state index is 0.156. The second-order valence-electron chi connectivity index (χ2n) is 4.49. The van der Waals surface area contributed by atoms with E-state index in [0.717, 1.165) is 11.3 Å². The Morgan fingerprint density at radius 1 is 1.12 bits per heavy atom. The zero-order valence-electron chi connectivity index (χ0n) is 11.9. The van der Waals surface area contributed by atoms with Crippen LogP contribution in [0.2, 0.25) is 0 Å². The Morgan fingerprint density at radius 3 is 2.46 bits per heavy atom. The van der Waals surface area contributed by atoms with Crippen molar-refractivity contribution in [2.24, 2.45) is 0 Å². The smallest absolute Gasteiger partial charge is 0.294 e. The van der Waals surface area contributed by atoms with Crippen molar-refractivity contribution in [3.8, 4) is 0 Å². The molecule has 1 aromatic carbocycles. The molecule has 0 unspecified atom stereocenters. The third-order valence-corrected chi connectivity index (χ3v) is 4.12. The fourth-order valence-corrected chi connectivity index (χ4v) is 2.67. The molecular weight excluding hydrogens is 409 g/mol. The van der Waals surface area contributed by atoms with Crippen molar-refractivity contribution in [2.75, 3.05) is 0 Å². The van der Waals surface area contributed by atoms with E-state index < -0.39 is 23.6 Å². The van der Waals surface area contributed by atoms with E-state index in [2.05, 4.69) is 15.9 Å². The number of benzene rings is 1. The largest absolute Gasteiger partial charge is 0.432 e. The Morgan fingerprint density at radius 2 is 1.88 bits per heavy atom. The number of ketones is 1. The molecule has 0 bridgehead atoms. The molecule has 2 N–H and O–H groups in total. The first-order chi connectivity index (χ1) is 11.3. The predicted molar refractivity (Wildman–Crippen MR) is 87.5 cm³/mol. The monoisotopic (exact) mass is 418 g/mol. The number of carbonyl (C=O) groups excluding carboxylic acids is 2. The van der Waals surface area contributed by atoms with Crippen LogP contribution in [0.15, 0.2) is 58.0 Å². The SMILES string of the molecule is O=C(NNC(=CC(=O)c1cccs1)C(F)(F)F)c1cccc(Br)c1. The van der Waals surface area contributed by atoms with E-state index in [9.17, 15) is 22.8 Å². The summed E-state index contributed by atoms with van der Waals surface area (Å²) in [5.74, 6) is -1.57. The van der Waals surface area contributed by atoms with Gasteiger partial charge in [-0.15, -0.1) is 11.3 Å². The van der Waals surface area contributed by atoms with Crippen LogP contribution in [-0.2, 0) is 0 Å². The molecule has 1 heterocycles. The van der Waals surface area contributed by atoms with E-state index in [4.69, 9.17) is 0 Å². The van der Waals surface area contributed by atoms with Gasteiger partial charge in [0.15, 0.2) is 5.78 Å². The van der Waals surface area contributed by atoms with Gasteiger partial charge < -0.3 is 0 Å². The van der Waals surface area contributed by atoms with Crippen LogP contribution in [0, 0.1) is 0 Å². The fraction of sp³-hybridized carbons (Fsp3) is 0.0667. The van der Waals surface area contributed by atoms with Crippen LogP contribution in [-0.4, -0.2) is 17.9 Å². The molecule has 2 rings (SSSR count). The number of allylic oxidation sites excluding steroid dienone is 2. The average molecular weight is 419 g/mol. The zero-order chi connectivity index (χ0) is 17.7. The molecule has 0 aliphatic carbocycles. The van der Waals surface area contributed by atoms with E-state index >= 15 is 0 Å². The van der Waals surface area contributed by atoms with E-state index in [1.54, 1.807) is 29.0 Å². The van der Waals surface area contributed by atoms with E-state index in [1.165, 1.54) is 18.2 Å². The van der Waals surface area contributed by atoms with Crippen molar-refractivity contribution in [1.29, 1.82) is 0 Å². The number of rotatable bonds is 5. The summed E-state index contributed by atoms with van der Waals surface area (Å²) in [6, 6.07) is 9.10. The molecule has 0 saturated heterocycles. The molecule has 1 amide bonds. The van der Waals surface area contributed by atoms with Crippen LogP contribution < -0.4 is 10.9 Å². The summed E-state index contributed by atoms with van der Waals surface area (Å²) in [7, 11) is 0. The summed E-state index contributed by atoms with van der Waals surface area (Å²) in [6.07, 6.45) is -4.41. The summed E-state index contributed by atoms with van der Waals surface area (Å²) < 4.78 is 39.6. The fourth-order valence-electron chi connectivity index (χ4n) is 1.64. The Labute approximate surface area is 147 Å². The van der Waals surface area contributed by atoms with Crippen LogP contribution in [0.25, 0.3) is 0 Å². The zero-order valence-corrected chi connectivity index (χ0v) is 14.3. The van der Waals surface area contributed by atoms with Gasteiger partial charge in [0, 0.05) is 16.1 Å². The summed E-state index contributed by atoms with van der Waals surface area (Å²) in [5, 5.41) is 1.58. The summed E-state index contributed by atoms with van der Waals surface area (Å²) in [6.45, 7) is 0. The molecule has 0 aliphatic rings. The first kappa shape index (κ1) is 18.2. The lowest BCUT2D eigenvalue weighted by atomic mass is 10.2. The summed E-state index contributed by atoms with van der Waals surface area (Å²) >= 11 is 4.19. The number of hydrogen-bond donors (Lipinski definition) is 2. The standard InChI is InChI=1S/C15H10BrF3N2O2S/c16-10-4-1-3-9(7-10)14(23)21-20-13(15(17,18)19)8-11(22)12-5-2-6-24-12/h1-8,20H,(H,21,23). The van der Waals surface area contributed by atoms with Crippen LogP contribution in [0.4, 0.5) is 13.2 Å². The molecule has 0 spiro atoms. The number of halogens is 4. The minimum Gasteiger partial charge on any atom is -0.294 e. The van der Waals surface area contributed by atoms with E-state index in [0.29, 0.717) is 10.5 Å². The molecule has 4 nitrogen and oxygen atoms in total. The van der Waals surface area contributed by atoms with Crippen molar-refractivity contribution in [3.05, 3.63) is 68.5 Å². The van der Waals surface area contributed by atoms with Crippen LogP contribution in [0.5, 0.6) is 0 Å². The Balaban J connectivity index is 2.12. The van der Waals surface area contributed by atoms with Crippen molar-refractivity contribution in [1.82, 2.24) is 10.9 Å². The van der Waals surface area contributed by atoms with Gasteiger partial charge in [-0.25, -0.2) is 0 Å². The first-order valence-electron chi connectivity index (χ1n) is 6.46. The van der Waals surface area contributed by atoms with Crippen LogP contribution in [0.1, 0.15) is 20.0 Å². The first-order valence-corrected chi connectivity index (χ1v) is 8.13. The number of amides is 1. The normalized spacial score (nSPS) is 11.9. The van der Waals surface area contributed by atoms with E-state index in [-0.39, 0.29) is 10.4 Å². The topological polar surface area (TPSA) is 58.2 Å². The quantitative estimate of drug-likeness (QED) is 0.437. The molecule has 126 valence electrons. The highest BCUT2D eigenvalue weighted by atomic mass is 79.9. The molecular formula is C15H10BrF3N2O2S. The molecule has 9 heteroatoms. The maximum atomic E-state index is 13.0. The highest BCUT2D eigenvalue weighted by molar-refractivity contribution is 9.10. The van der Waals surface area contributed by atoms with Gasteiger partial charge in [-0.05, 0) is 29.6 Å². The van der Waals surface area contributed by atoms with Gasteiger partial charge >= 0.3 is 6.18 Å². The molecule has 1 aromatic heterocycles. The molecule has 0 radical (unpaired) electrons. The van der Waals surface area contributed by atoms with Gasteiger partial charge in [0.1, 0.15) is 5.70 Å². The van der Waals surface area contributed by atoms with Crippen molar-refractivity contribution in [3.63, 3.8) is 0 Å². The lowest BCUT2D eigenvalue weighted by molar-refractivity contribution is -0.0977. The predicted octanol–water partition coefficient (Wildman–Crippen LogP) is 4.07. The third kappa shape index (κ3) is 4.93. The van der Waals surface area contributed by atoms with Gasteiger partial charge in [-0.2, -0.15) is 13.2 Å². The van der Waals surface area contributed by atoms with Crippen LogP contribution >= 0.6 is 27.3 Å². The van der Waals surface area contributed by atoms with Crippen LogP contribution in [0.3, 0.4) is 0 Å². The highest BCUT2D eigenvalue weighted by Crippen LogP contribution is 2.24. The lowest BCUT2D eigenvalue weighted by Gasteiger charge is -2.15. The molecule has 0 aliphatic heterocycles. The Hall–Kier alpha value is -2.13. The number of thiophene rings is 1. The summed E-state index contributed by atoms with van der Waals surface area (Å²) in [4.78, 5) is 23.8. The molecule has 0 saturated carbocycles. The minimum atomic E-state index is -4.82. The number of carbonyl (C=O) groups is 2. The maximum absolute atomic E-state index is 13.0. The average Bonchev–Trinajstić information content (AvgIpc) is 3.04. The number of hydrogen-bond acceptors (Lipinski definition) is 4. The van der Waals surface area contributed by atoms with Gasteiger partial charge in [0.05, 0.1) is 4.88 Å². The van der Waals surface area contributed by atoms with Crippen molar-refractivity contribution < 1.29 is 22.8 Å². The highest BCUT2D eigenvalue weighted by Gasteiger charge is 2.35. The second-order valence-corrected chi connectivity index (χ2v) is 6.35. The second kappa shape index (κ2) is 7.63. The van der Waals surface area contributed by atoms with E-state index in [1.807, 2.05) is 5.43 Å². The third-order valence-electron chi connectivity index (χ3n) is 2.74. The maximum Gasteiger partial charge on any atom is 0.432 e. The van der Waals surface area contributed by atoms with Gasteiger partial charge in [-0.1, -0.05) is 28.1 Å². The van der Waals surface area contributed by atoms with Crippen molar-refractivity contribution >= 4 is 39.0 Å². The molecule has 2 aromatic rings.